The Balaban J connectivity index is 2.39. The van der Waals surface area contributed by atoms with E-state index in [-0.39, 0.29) is 17.0 Å². The lowest BCUT2D eigenvalue weighted by Gasteiger charge is -2.23. The lowest BCUT2D eigenvalue weighted by atomic mass is 10.0. The largest absolute Gasteiger partial charge is 0.506 e. The molecule has 0 saturated heterocycles. The lowest BCUT2D eigenvalue weighted by molar-refractivity contribution is 0.0691. The van der Waals surface area contributed by atoms with Gasteiger partial charge in [0, 0.05) is 17.5 Å². The Morgan fingerprint density at radius 3 is 2.62 bits per heavy atom. The van der Waals surface area contributed by atoms with Gasteiger partial charge in [0.25, 0.3) is 0 Å². The van der Waals surface area contributed by atoms with Gasteiger partial charge in [0.05, 0.1) is 11.6 Å². The number of β-amino-alcohol motifs (C(OH)–C–C–N with tert-alkyl or cyclic N) is 1. The third kappa shape index (κ3) is 3.34. The highest BCUT2D eigenvalue weighted by molar-refractivity contribution is 5.97. The van der Waals surface area contributed by atoms with Crippen molar-refractivity contribution in [2.24, 2.45) is 0 Å². The molecule has 1 aromatic heterocycles. The smallest absolute Gasteiger partial charge is 0.352 e. The first-order valence-electron chi connectivity index (χ1n) is 6.70. The Hall–Kier alpha value is -2.05. The first-order valence-corrected chi connectivity index (χ1v) is 6.70. The van der Waals surface area contributed by atoms with Gasteiger partial charge in [0.15, 0.2) is 0 Å². The number of carboxylic acids is 1. The fourth-order valence-corrected chi connectivity index (χ4v) is 2.14. The van der Waals surface area contributed by atoms with Gasteiger partial charge < -0.3 is 25.6 Å². The number of phenolic OH excluding ortho intramolecular Hbond substituents is 1. The molecule has 0 bridgehead atoms. The lowest BCUT2D eigenvalue weighted by Crippen LogP contribution is -2.38. The van der Waals surface area contributed by atoms with Gasteiger partial charge in [0.1, 0.15) is 11.4 Å². The first-order chi connectivity index (χ1) is 9.69. The molecule has 0 aliphatic rings. The Morgan fingerprint density at radius 2 is 2.05 bits per heavy atom. The van der Waals surface area contributed by atoms with Gasteiger partial charge in [-0.2, -0.15) is 0 Å². The van der Waals surface area contributed by atoms with Gasteiger partial charge in [-0.3, -0.25) is 0 Å². The number of benzene rings is 1. The number of hydrogen-bond donors (Lipinski definition) is 5. The predicted molar refractivity (Wildman–Crippen MR) is 79.6 cm³/mol. The number of fused-ring (bicyclic) bond motifs is 1. The number of aliphatic hydroxyl groups is 1. The van der Waals surface area contributed by atoms with E-state index in [1.54, 1.807) is 6.07 Å². The molecule has 0 amide bonds. The van der Waals surface area contributed by atoms with Crippen LogP contribution in [0.2, 0.25) is 0 Å². The van der Waals surface area contributed by atoms with Crippen LogP contribution in [0, 0.1) is 0 Å². The van der Waals surface area contributed by atoms with Gasteiger partial charge in [-0.15, -0.1) is 0 Å². The van der Waals surface area contributed by atoms with Crippen LogP contribution in [0.3, 0.4) is 0 Å². The van der Waals surface area contributed by atoms with Crippen LogP contribution in [0.25, 0.3) is 10.9 Å². The molecule has 1 aromatic carbocycles. The van der Waals surface area contributed by atoms with E-state index in [0.717, 1.165) is 0 Å². The minimum Gasteiger partial charge on any atom is -0.506 e. The van der Waals surface area contributed by atoms with Gasteiger partial charge in [-0.05, 0) is 38.5 Å². The molecular weight excluding hydrogens is 272 g/mol. The molecule has 6 heteroatoms. The van der Waals surface area contributed by atoms with Crippen LogP contribution in [0.1, 0.15) is 42.9 Å². The van der Waals surface area contributed by atoms with E-state index in [9.17, 15) is 15.0 Å². The Bertz CT molecular complexity index is 670. The minimum absolute atomic E-state index is 0.0243. The van der Waals surface area contributed by atoms with Gasteiger partial charge >= 0.3 is 5.97 Å². The highest BCUT2D eigenvalue weighted by atomic mass is 16.4. The number of carbonyl (C=O) groups is 1. The van der Waals surface area contributed by atoms with E-state index < -0.39 is 12.1 Å². The summed E-state index contributed by atoms with van der Waals surface area (Å²) in [6.45, 7) is 6.30. The maximum absolute atomic E-state index is 11.0. The topological polar surface area (TPSA) is 106 Å². The second kappa shape index (κ2) is 5.38. The average molecular weight is 292 g/mol. The molecule has 2 rings (SSSR count). The summed E-state index contributed by atoms with van der Waals surface area (Å²) in [5.41, 5.74) is 0.730. The van der Waals surface area contributed by atoms with Crippen LogP contribution in [0.4, 0.5) is 0 Å². The zero-order valence-electron chi connectivity index (χ0n) is 12.3. The van der Waals surface area contributed by atoms with Crippen LogP contribution in [-0.2, 0) is 0 Å². The molecular formula is C15H20N2O4. The van der Waals surface area contributed by atoms with E-state index >= 15 is 0 Å². The number of carboxylic acid groups (broad SMARTS) is 1. The molecule has 0 spiro atoms. The summed E-state index contributed by atoms with van der Waals surface area (Å²) in [6, 6.07) is 4.47. The third-order valence-electron chi connectivity index (χ3n) is 3.22. The van der Waals surface area contributed by atoms with Crippen molar-refractivity contribution in [3.8, 4) is 5.75 Å². The Morgan fingerprint density at radius 1 is 1.38 bits per heavy atom. The molecule has 0 radical (unpaired) electrons. The summed E-state index contributed by atoms with van der Waals surface area (Å²) in [5.74, 6) is -1.16. The predicted octanol–water partition coefficient (Wildman–Crippen LogP) is 1.99. The number of hydrogen-bond acceptors (Lipinski definition) is 4. The maximum atomic E-state index is 11.0. The molecule has 1 atom stereocenters. The summed E-state index contributed by atoms with van der Waals surface area (Å²) in [6.07, 6.45) is -0.801. The molecule has 21 heavy (non-hydrogen) atoms. The number of aromatic carboxylic acids is 1. The number of aliphatic hydroxyl groups excluding tert-OH is 1. The molecule has 0 saturated carbocycles. The number of aromatic hydroxyl groups is 1. The van der Waals surface area contributed by atoms with Crippen LogP contribution < -0.4 is 5.32 Å². The van der Waals surface area contributed by atoms with Crippen LogP contribution in [0.15, 0.2) is 18.2 Å². The van der Waals surface area contributed by atoms with Crippen LogP contribution in [-0.4, -0.2) is 38.4 Å². The van der Waals surface area contributed by atoms with Crippen molar-refractivity contribution in [3.63, 3.8) is 0 Å². The van der Waals surface area contributed by atoms with Gasteiger partial charge in [0.2, 0.25) is 0 Å². The molecule has 114 valence electrons. The molecule has 6 nitrogen and oxygen atoms in total. The van der Waals surface area contributed by atoms with Crippen LogP contribution >= 0.6 is 0 Å². The van der Waals surface area contributed by atoms with Crippen molar-refractivity contribution < 1.29 is 20.1 Å². The standard InChI is InChI=1S/C15H20N2O4/c1-15(2,3)16-7-12(19)8-4-5-11(18)13-9(8)6-10(17-13)14(20)21/h4-6,12,16-19H,7H2,1-3H3,(H,20,21). The number of aromatic nitrogens is 1. The number of H-pyrrole nitrogens is 1. The normalized spacial score (nSPS) is 13.5. The van der Waals surface area contributed by atoms with Crippen LogP contribution in [0.5, 0.6) is 5.75 Å². The van der Waals surface area contributed by atoms with E-state index in [1.165, 1.54) is 12.1 Å². The SMILES string of the molecule is CC(C)(C)NCC(O)c1ccc(O)c2[nH]c(C(=O)O)cc12. The fraction of sp³-hybridized carbons (Fsp3) is 0.400. The summed E-state index contributed by atoms with van der Waals surface area (Å²) < 4.78 is 0. The van der Waals surface area contributed by atoms with Gasteiger partial charge in [-0.25, -0.2) is 4.79 Å². The molecule has 2 aromatic rings. The molecule has 1 unspecified atom stereocenters. The quantitative estimate of drug-likeness (QED) is 0.592. The fourth-order valence-electron chi connectivity index (χ4n) is 2.14. The highest BCUT2D eigenvalue weighted by Crippen LogP contribution is 2.31. The van der Waals surface area contributed by atoms with E-state index in [2.05, 4.69) is 10.3 Å². The number of aromatic amines is 1. The Kier molecular flexibility index (Phi) is 3.93. The van der Waals surface area contributed by atoms with Crippen molar-refractivity contribution in [2.75, 3.05) is 6.54 Å². The van der Waals surface area contributed by atoms with Crippen molar-refractivity contribution >= 4 is 16.9 Å². The second-order valence-electron chi connectivity index (χ2n) is 6.10. The van der Waals surface area contributed by atoms with Crippen molar-refractivity contribution in [2.45, 2.75) is 32.4 Å². The Labute approximate surface area is 122 Å². The minimum atomic E-state index is -1.11. The number of rotatable bonds is 4. The van der Waals surface area contributed by atoms with E-state index in [4.69, 9.17) is 5.11 Å². The highest BCUT2D eigenvalue weighted by Gasteiger charge is 2.19. The zero-order chi connectivity index (χ0) is 15.8. The van der Waals surface area contributed by atoms with Gasteiger partial charge in [-0.1, -0.05) is 6.07 Å². The number of nitrogens with one attached hydrogen (secondary N) is 2. The van der Waals surface area contributed by atoms with Crippen molar-refractivity contribution in [1.29, 1.82) is 0 Å². The molecule has 0 fully saturated rings. The summed E-state index contributed by atoms with van der Waals surface area (Å²) in [4.78, 5) is 13.7. The third-order valence-corrected chi connectivity index (χ3v) is 3.22. The monoisotopic (exact) mass is 292 g/mol. The molecule has 0 aliphatic carbocycles. The summed E-state index contributed by atoms with van der Waals surface area (Å²) >= 11 is 0. The number of phenols is 1. The van der Waals surface area contributed by atoms with Crippen molar-refractivity contribution in [3.05, 3.63) is 29.5 Å². The second-order valence-corrected chi connectivity index (χ2v) is 6.10. The molecule has 0 aliphatic heterocycles. The summed E-state index contributed by atoms with van der Waals surface area (Å²) in [7, 11) is 0. The maximum Gasteiger partial charge on any atom is 0.352 e. The first kappa shape index (κ1) is 15.3. The summed E-state index contributed by atoms with van der Waals surface area (Å²) in [5, 5.41) is 32.9. The average Bonchev–Trinajstić information content (AvgIpc) is 2.81. The van der Waals surface area contributed by atoms with Crippen molar-refractivity contribution in [1.82, 2.24) is 10.3 Å². The van der Waals surface area contributed by atoms with E-state index in [1.807, 2.05) is 20.8 Å². The zero-order valence-corrected chi connectivity index (χ0v) is 12.3. The molecule has 1 heterocycles. The molecule has 5 N–H and O–H groups in total. The van der Waals surface area contributed by atoms with E-state index in [0.29, 0.717) is 23.0 Å².